The molecular formula is C30H44K2O16S2. The first-order chi connectivity index (χ1) is 22.2. The molecule has 5 fully saturated rings. The van der Waals surface area contributed by atoms with Crippen molar-refractivity contribution in [3.8, 4) is 0 Å². The molecule has 1 aliphatic heterocycles. The first-order valence-corrected chi connectivity index (χ1v) is 18.8. The van der Waals surface area contributed by atoms with Gasteiger partial charge in [-0.1, -0.05) is 27.4 Å². The van der Waals surface area contributed by atoms with Crippen molar-refractivity contribution in [1.82, 2.24) is 0 Å². The summed E-state index contributed by atoms with van der Waals surface area (Å²) in [7, 11) is -11.3. The zero-order chi connectivity index (χ0) is 35.6. The third-order valence-electron chi connectivity index (χ3n) is 11.5. The molecule has 4 saturated carbocycles. The SMILES string of the molecule is C=C1[C@@H]2CC[C@H]3[C@]4(C)C[C@H](O[C@@H]5OC(CO)[C@@H](OS(=O)(=O)[O-])C(OS(=O)(=O)[O-])C5OC(=O)CC(C)C)C[C@@H](C(=O)O)[C@H]4CC[C@]3(C2)[C@H]1O.[K+].[K+]. The predicted molar refractivity (Wildman–Crippen MR) is 159 cm³/mol. The number of carbonyl (C=O) groups excluding carboxylic acids is 1. The second-order valence-electron chi connectivity index (χ2n) is 14.8. The van der Waals surface area contributed by atoms with Crippen LogP contribution in [0.25, 0.3) is 0 Å². The molecule has 0 aromatic heterocycles. The summed E-state index contributed by atoms with van der Waals surface area (Å²) in [6.45, 7) is 8.41. The van der Waals surface area contributed by atoms with Gasteiger partial charge in [0.25, 0.3) is 0 Å². The average molecular weight is 803 g/mol. The van der Waals surface area contributed by atoms with E-state index in [-0.39, 0.29) is 146 Å². The van der Waals surface area contributed by atoms with E-state index < -0.39 is 99.0 Å². The van der Waals surface area contributed by atoms with Gasteiger partial charge < -0.3 is 38.6 Å². The van der Waals surface area contributed by atoms with Gasteiger partial charge in [0.05, 0.1) is 24.7 Å². The van der Waals surface area contributed by atoms with Crippen molar-refractivity contribution in [2.75, 3.05) is 6.61 Å². The van der Waals surface area contributed by atoms with Gasteiger partial charge in [0.2, 0.25) is 20.8 Å². The van der Waals surface area contributed by atoms with E-state index >= 15 is 0 Å². The Morgan fingerprint density at radius 3 is 2.20 bits per heavy atom. The van der Waals surface area contributed by atoms with Crippen molar-refractivity contribution in [2.24, 2.45) is 40.4 Å². The molecule has 1 saturated heterocycles. The van der Waals surface area contributed by atoms with Crippen LogP contribution >= 0.6 is 0 Å². The molecule has 0 aromatic rings. The number of rotatable bonds is 11. The number of fused-ring (bicyclic) bond motifs is 3. The van der Waals surface area contributed by atoms with Crippen molar-refractivity contribution in [2.45, 2.75) is 115 Å². The van der Waals surface area contributed by atoms with Gasteiger partial charge in [-0.15, -0.1) is 0 Å². The van der Waals surface area contributed by atoms with Crippen molar-refractivity contribution in [3.63, 3.8) is 0 Å². The molecule has 274 valence electrons. The third-order valence-corrected chi connectivity index (χ3v) is 12.4. The van der Waals surface area contributed by atoms with E-state index in [0.29, 0.717) is 12.8 Å². The van der Waals surface area contributed by atoms with Crippen LogP contribution in [0.1, 0.15) is 72.1 Å². The maximum Gasteiger partial charge on any atom is 1.00 e. The monoisotopic (exact) mass is 802 g/mol. The van der Waals surface area contributed by atoms with E-state index in [1.54, 1.807) is 13.8 Å². The smallest absolute Gasteiger partial charge is 0.726 e. The van der Waals surface area contributed by atoms with Gasteiger partial charge in [-0.05, 0) is 79.6 Å². The fourth-order valence-electron chi connectivity index (χ4n) is 9.81. The van der Waals surface area contributed by atoms with Crippen molar-refractivity contribution >= 4 is 32.7 Å². The molecule has 3 N–H and O–H groups in total. The number of aliphatic carboxylic acids is 1. The van der Waals surface area contributed by atoms with Crippen LogP contribution in [0.4, 0.5) is 0 Å². The number of carboxylic acids is 1. The van der Waals surface area contributed by atoms with Crippen molar-refractivity contribution in [1.29, 1.82) is 0 Å². The fraction of sp³-hybridized carbons (Fsp3) is 0.867. The summed E-state index contributed by atoms with van der Waals surface area (Å²) in [5.74, 6) is -3.38. The summed E-state index contributed by atoms with van der Waals surface area (Å²) in [4.78, 5) is 25.6. The predicted octanol–water partition coefficient (Wildman–Crippen LogP) is -5.01. The fourth-order valence-corrected chi connectivity index (χ4v) is 10.8. The number of carbonyl (C=O) groups is 2. The quantitative estimate of drug-likeness (QED) is 0.0442. The summed E-state index contributed by atoms with van der Waals surface area (Å²) >= 11 is 0. The number of aliphatic hydroxyl groups is 2. The van der Waals surface area contributed by atoms with E-state index in [4.69, 9.17) is 14.2 Å². The van der Waals surface area contributed by atoms with Gasteiger partial charge >= 0.3 is 115 Å². The van der Waals surface area contributed by atoms with Crippen LogP contribution in [0.2, 0.25) is 0 Å². The third kappa shape index (κ3) is 9.55. The van der Waals surface area contributed by atoms with E-state index in [9.17, 15) is 50.8 Å². The molecule has 5 rings (SSSR count). The van der Waals surface area contributed by atoms with Gasteiger partial charge in [-0.2, -0.15) is 0 Å². The van der Waals surface area contributed by atoms with Crippen LogP contribution in [-0.2, 0) is 53.0 Å². The summed E-state index contributed by atoms with van der Waals surface area (Å²) in [6, 6.07) is 0. The normalized spacial score (nSPS) is 41.3. The number of carboxylic acid groups (broad SMARTS) is 1. The minimum Gasteiger partial charge on any atom is -0.726 e. The molecule has 0 amide bonds. The Kier molecular flexibility index (Phi) is 15.9. The Morgan fingerprint density at radius 2 is 1.64 bits per heavy atom. The topological polar surface area (TPSA) is 255 Å². The number of ether oxygens (including phenoxy) is 3. The summed E-state index contributed by atoms with van der Waals surface area (Å²) < 4.78 is 96.9. The summed E-state index contributed by atoms with van der Waals surface area (Å²) in [5, 5.41) is 31.9. The molecule has 20 heteroatoms. The van der Waals surface area contributed by atoms with Gasteiger partial charge in [-0.3, -0.25) is 18.0 Å². The minimum absolute atomic E-state index is 0. The standard InChI is InChI=1S/C30H46O16S2.2K/c1-14(2)9-22(32)44-25-24(46-48(39,40)41)23(45-47(36,37)38)20(13-31)43-28(25)42-17-10-18(27(34)35)19-7-8-30-11-16(15(3)26(30)33)5-6-21(30)29(19,4)12-17;;/h14,16-21,23-26,28,31,33H,3,5-13H2,1-2,4H3,(H,34,35)(H,36,37,38)(H,39,40,41);;/q;2*+1/p-2/t16-,17-,18-,19-,20?,21+,23-,24?,25?,26+,28-,29-,30-;;/m1../s1. The molecule has 2 bridgehead atoms. The van der Waals surface area contributed by atoms with E-state index in [1.807, 2.05) is 6.92 Å². The number of esters is 1. The van der Waals surface area contributed by atoms with Crippen LogP contribution in [0.15, 0.2) is 12.2 Å². The second-order valence-corrected chi connectivity index (χ2v) is 16.8. The summed E-state index contributed by atoms with van der Waals surface area (Å²) in [5.41, 5.74) is -0.359. The largest absolute Gasteiger partial charge is 1.00 e. The molecule has 16 nitrogen and oxygen atoms in total. The van der Waals surface area contributed by atoms with Crippen LogP contribution in [0, 0.1) is 40.4 Å². The number of aliphatic hydroxyl groups excluding tert-OH is 2. The first-order valence-electron chi connectivity index (χ1n) is 16.2. The van der Waals surface area contributed by atoms with Crippen molar-refractivity contribution in [3.05, 3.63) is 12.2 Å². The van der Waals surface area contributed by atoms with Crippen LogP contribution in [0.5, 0.6) is 0 Å². The molecule has 4 aliphatic carbocycles. The van der Waals surface area contributed by atoms with E-state index in [0.717, 1.165) is 24.8 Å². The Bertz CT molecular complexity index is 1490. The molecule has 3 unspecified atom stereocenters. The van der Waals surface area contributed by atoms with Crippen LogP contribution in [-0.4, -0.2) is 103 Å². The zero-order valence-corrected chi connectivity index (χ0v) is 36.8. The molecule has 50 heavy (non-hydrogen) atoms. The maximum atomic E-state index is 12.9. The average Bonchev–Trinajstić information content (AvgIpc) is 3.12. The minimum atomic E-state index is -5.69. The molecule has 0 radical (unpaired) electrons. The maximum absolute atomic E-state index is 12.9. The van der Waals surface area contributed by atoms with Crippen molar-refractivity contribution < 1.29 is 176 Å². The Balaban J connectivity index is 0.00000338. The van der Waals surface area contributed by atoms with E-state index in [2.05, 4.69) is 14.9 Å². The number of hydrogen-bond donors (Lipinski definition) is 3. The summed E-state index contributed by atoms with van der Waals surface area (Å²) in [6.07, 6.45) is -8.49. The van der Waals surface area contributed by atoms with E-state index in [1.165, 1.54) is 0 Å². The first kappa shape index (κ1) is 45.9. The Labute approximate surface area is 377 Å². The molecule has 1 heterocycles. The van der Waals surface area contributed by atoms with Gasteiger partial charge in [0.1, 0.15) is 18.3 Å². The second kappa shape index (κ2) is 17.4. The Hall–Kier alpha value is 1.53. The van der Waals surface area contributed by atoms with Gasteiger partial charge in [0, 0.05) is 11.8 Å². The molecule has 1 spiro atoms. The van der Waals surface area contributed by atoms with Gasteiger partial charge in [0.15, 0.2) is 12.4 Å². The number of hydrogen-bond acceptors (Lipinski definition) is 15. The van der Waals surface area contributed by atoms with Gasteiger partial charge in [-0.25, -0.2) is 16.8 Å². The van der Waals surface area contributed by atoms with Crippen LogP contribution in [0.3, 0.4) is 0 Å². The zero-order valence-electron chi connectivity index (χ0n) is 29.0. The molecular weight excluding hydrogens is 759 g/mol. The van der Waals surface area contributed by atoms with Crippen LogP contribution < -0.4 is 103 Å². The molecule has 5 aliphatic rings. The Morgan fingerprint density at radius 1 is 1.02 bits per heavy atom. The molecule has 13 atom stereocenters. The molecule has 0 aromatic carbocycles.